The van der Waals surface area contributed by atoms with Crippen molar-refractivity contribution in [2.75, 3.05) is 6.54 Å². The molecule has 0 fully saturated rings. The highest BCUT2D eigenvalue weighted by Crippen LogP contribution is 2.24. The number of hydrogen-bond acceptors (Lipinski definition) is 0. The lowest BCUT2D eigenvalue weighted by molar-refractivity contribution is 0.624. The van der Waals surface area contributed by atoms with Crippen LogP contribution in [-0.2, 0) is 13.0 Å². The number of para-hydroxylation sites is 1. The van der Waals surface area contributed by atoms with Crippen molar-refractivity contribution in [1.82, 2.24) is 10.3 Å². The third kappa shape index (κ3) is 0.988. The number of H-pyrrole nitrogens is 1. The van der Waals surface area contributed by atoms with E-state index >= 15 is 0 Å². The van der Waals surface area contributed by atoms with Crippen LogP contribution in [0.3, 0.4) is 0 Å². The van der Waals surface area contributed by atoms with Gasteiger partial charge in [0.2, 0.25) is 0 Å². The van der Waals surface area contributed by atoms with E-state index in [1.165, 1.54) is 22.2 Å². The van der Waals surface area contributed by atoms with Gasteiger partial charge >= 0.3 is 0 Å². The number of fused-ring (bicyclic) bond motifs is 3. The van der Waals surface area contributed by atoms with Gasteiger partial charge in [-0.05, 0) is 18.1 Å². The van der Waals surface area contributed by atoms with E-state index in [0.29, 0.717) is 0 Å². The number of aromatic nitrogens is 1. The van der Waals surface area contributed by atoms with E-state index in [1.807, 2.05) is 0 Å². The molecule has 1 aromatic heterocycles. The van der Waals surface area contributed by atoms with E-state index < -0.39 is 0 Å². The molecule has 2 heteroatoms. The summed E-state index contributed by atoms with van der Waals surface area (Å²) < 4.78 is 0. The summed E-state index contributed by atoms with van der Waals surface area (Å²) in [5.41, 5.74) is 4.04. The second-order valence-corrected chi connectivity index (χ2v) is 3.48. The number of hydrogen-bond donors (Lipinski definition) is 1. The minimum Gasteiger partial charge on any atom is -0.357 e. The van der Waals surface area contributed by atoms with Crippen LogP contribution in [0.25, 0.3) is 10.9 Å². The van der Waals surface area contributed by atoms with Gasteiger partial charge in [0.1, 0.15) is 0 Å². The Kier molecular flexibility index (Phi) is 1.43. The summed E-state index contributed by atoms with van der Waals surface area (Å²) in [5.74, 6) is 0. The molecule has 0 aliphatic carbocycles. The molecular formula is C11H11N2. The van der Waals surface area contributed by atoms with Crippen LogP contribution in [-0.4, -0.2) is 11.5 Å². The SMILES string of the molecule is c1ccc2c3c([nH]c2c1)C[N]CC3. The summed E-state index contributed by atoms with van der Waals surface area (Å²) in [7, 11) is 0. The Balaban J connectivity index is 2.34. The van der Waals surface area contributed by atoms with Crippen molar-refractivity contribution in [3.63, 3.8) is 0 Å². The van der Waals surface area contributed by atoms with Crippen LogP contribution in [0.2, 0.25) is 0 Å². The Hall–Kier alpha value is -1.28. The Labute approximate surface area is 77.0 Å². The second-order valence-electron chi connectivity index (χ2n) is 3.48. The normalized spacial score (nSPS) is 16.0. The van der Waals surface area contributed by atoms with Crippen LogP contribution in [0.1, 0.15) is 11.3 Å². The van der Waals surface area contributed by atoms with Crippen LogP contribution >= 0.6 is 0 Å². The minimum absolute atomic E-state index is 0.865. The number of aromatic amines is 1. The molecule has 0 saturated carbocycles. The summed E-state index contributed by atoms with van der Waals surface area (Å²) in [6, 6.07) is 8.49. The van der Waals surface area contributed by atoms with Crippen LogP contribution < -0.4 is 5.32 Å². The van der Waals surface area contributed by atoms with Crippen molar-refractivity contribution in [3.8, 4) is 0 Å². The molecule has 13 heavy (non-hydrogen) atoms. The van der Waals surface area contributed by atoms with E-state index in [4.69, 9.17) is 0 Å². The topological polar surface area (TPSA) is 29.9 Å². The van der Waals surface area contributed by atoms with Crippen molar-refractivity contribution in [3.05, 3.63) is 35.5 Å². The summed E-state index contributed by atoms with van der Waals surface area (Å²) >= 11 is 0. The number of rotatable bonds is 0. The molecule has 2 nitrogen and oxygen atoms in total. The van der Waals surface area contributed by atoms with Crippen molar-refractivity contribution in [2.24, 2.45) is 0 Å². The maximum absolute atomic E-state index is 4.38. The molecule has 0 atom stereocenters. The highest BCUT2D eigenvalue weighted by atomic mass is 14.9. The molecule has 1 aromatic carbocycles. The lowest BCUT2D eigenvalue weighted by Crippen LogP contribution is -2.16. The third-order valence-electron chi connectivity index (χ3n) is 2.69. The largest absolute Gasteiger partial charge is 0.357 e. The quantitative estimate of drug-likeness (QED) is 0.626. The molecule has 0 bridgehead atoms. The van der Waals surface area contributed by atoms with Crippen molar-refractivity contribution < 1.29 is 0 Å². The fraction of sp³-hybridized carbons (Fsp3) is 0.273. The Bertz CT molecular complexity index is 442. The first kappa shape index (κ1) is 7.15. The Morgan fingerprint density at radius 3 is 3.15 bits per heavy atom. The fourth-order valence-corrected chi connectivity index (χ4v) is 2.06. The van der Waals surface area contributed by atoms with Gasteiger partial charge in [-0.25, -0.2) is 5.32 Å². The van der Waals surface area contributed by atoms with E-state index in [2.05, 4.69) is 34.6 Å². The molecule has 65 valence electrons. The first-order valence-corrected chi connectivity index (χ1v) is 4.67. The van der Waals surface area contributed by atoms with Gasteiger partial charge in [-0.3, -0.25) is 0 Å². The molecule has 1 aliphatic heterocycles. The number of benzene rings is 1. The summed E-state index contributed by atoms with van der Waals surface area (Å²) in [5, 5.41) is 5.76. The number of nitrogens with one attached hydrogen (secondary N) is 1. The number of nitrogens with zero attached hydrogens (tertiary/aromatic N) is 1. The molecule has 2 heterocycles. The molecule has 3 rings (SSSR count). The van der Waals surface area contributed by atoms with Gasteiger partial charge in [-0.2, -0.15) is 0 Å². The predicted molar refractivity (Wildman–Crippen MR) is 52.7 cm³/mol. The first-order chi connectivity index (χ1) is 6.45. The predicted octanol–water partition coefficient (Wildman–Crippen LogP) is 1.83. The summed E-state index contributed by atoms with van der Waals surface area (Å²) in [6.07, 6.45) is 1.10. The zero-order valence-corrected chi connectivity index (χ0v) is 7.38. The minimum atomic E-state index is 0.865. The van der Waals surface area contributed by atoms with Crippen LogP contribution in [0.15, 0.2) is 24.3 Å². The van der Waals surface area contributed by atoms with Gasteiger partial charge < -0.3 is 4.98 Å². The van der Waals surface area contributed by atoms with E-state index in [1.54, 1.807) is 0 Å². The van der Waals surface area contributed by atoms with Gasteiger partial charge in [0.25, 0.3) is 0 Å². The maximum atomic E-state index is 4.38. The molecule has 1 aliphatic rings. The highest BCUT2D eigenvalue weighted by molar-refractivity contribution is 5.84. The zero-order valence-electron chi connectivity index (χ0n) is 7.38. The standard InChI is InChI=1S/C11H11N2/c1-2-4-10-8(3-1)9-5-6-12-7-11(9)13-10/h1-4,13H,5-7H2. The molecule has 0 unspecified atom stereocenters. The summed E-state index contributed by atoms with van der Waals surface area (Å²) in [6.45, 7) is 1.85. The summed E-state index contributed by atoms with van der Waals surface area (Å²) in [4.78, 5) is 3.42. The zero-order chi connectivity index (χ0) is 8.67. The van der Waals surface area contributed by atoms with Crippen LogP contribution in [0.5, 0.6) is 0 Å². The van der Waals surface area contributed by atoms with Gasteiger partial charge in [0.15, 0.2) is 0 Å². The fourth-order valence-electron chi connectivity index (χ4n) is 2.06. The molecule has 0 saturated heterocycles. The molecule has 1 N–H and O–H groups in total. The van der Waals surface area contributed by atoms with Gasteiger partial charge in [-0.15, -0.1) is 0 Å². The Morgan fingerprint density at radius 2 is 2.15 bits per heavy atom. The second kappa shape index (κ2) is 2.60. The van der Waals surface area contributed by atoms with E-state index in [9.17, 15) is 0 Å². The third-order valence-corrected chi connectivity index (χ3v) is 2.69. The molecular weight excluding hydrogens is 160 g/mol. The lowest BCUT2D eigenvalue weighted by Gasteiger charge is -2.10. The highest BCUT2D eigenvalue weighted by Gasteiger charge is 2.14. The van der Waals surface area contributed by atoms with Crippen molar-refractivity contribution in [1.29, 1.82) is 0 Å². The van der Waals surface area contributed by atoms with Crippen molar-refractivity contribution >= 4 is 10.9 Å². The van der Waals surface area contributed by atoms with Crippen LogP contribution in [0, 0.1) is 0 Å². The van der Waals surface area contributed by atoms with Gasteiger partial charge in [-0.1, -0.05) is 18.2 Å². The average Bonchev–Trinajstić information content (AvgIpc) is 2.56. The molecule has 0 amide bonds. The molecule has 0 spiro atoms. The van der Waals surface area contributed by atoms with E-state index in [-0.39, 0.29) is 0 Å². The van der Waals surface area contributed by atoms with Gasteiger partial charge in [0.05, 0.1) is 6.54 Å². The van der Waals surface area contributed by atoms with Gasteiger partial charge in [0, 0.05) is 23.1 Å². The lowest BCUT2D eigenvalue weighted by atomic mass is 10.1. The van der Waals surface area contributed by atoms with Crippen LogP contribution in [0.4, 0.5) is 0 Å². The smallest absolute Gasteiger partial charge is 0.0538 e. The molecule has 2 aromatic rings. The molecule has 1 radical (unpaired) electrons. The monoisotopic (exact) mass is 171 g/mol. The van der Waals surface area contributed by atoms with E-state index in [0.717, 1.165) is 19.5 Å². The Morgan fingerprint density at radius 1 is 1.23 bits per heavy atom. The maximum Gasteiger partial charge on any atom is 0.0538 e. The average molecular weight is 171 g/mol. The van der Waals surface area contributed by atoms with Crippen molar-refractivity contribution in [2.45, 2.75) is 13.0 Å². The first-order valence-electron chi connectivity index (χ1n) is 4.67.